The van der Waals surface area contributed by atoms with E-state index in [1.165, 1.54) is 17.8 Å². The predicted octanol–water partition coefficient (Wildman–Crippen LogP) is 3.97. The molecule has 0 aliphatic rings. The topological polar surface area (TPSA) is 58.6 Å². The van der Waals surface area contributed by atoms with Crippen LogP contribution in [0.3, 0.4) is 0 Å². The number of rotatable bonds is 3. The van der Waals surface area contributed by atoms with E-state index in [4.69, 9.17) is 10.9 Å². The van der Waals surface area contributed by atoms with Gasteiger partial charge >= 0.3 is 0 Å². The molecule has 0 atom stereocenters. The highest BCUT2D eigenvalue weighted by atomic mass is 79.9. The largest absolute Gasteiger partial charge is 0.409 e. The quantitative estimate of drug-likeness (QED) is 0.377. The van der Waals surface area contributed by atoms with Crippen molar-refractivity contribution < 1.29 is 14.0 Å². The second kappa shape index (κ2) is 6.23. The van der Waals surface area contributed by atoms with Crippen LogP contribution in [0.15, 0.2) is 55.8 Å². The lowest BCUT2D eigenvalue weighted by atomic mass is 10.2. The molecular weight excluding hydrogens is 350 g/mol. The van der Waals surface area contributed by atoms with Crippen molar-refractivity contribution in [1.29, 1.82) is 0 Å². The number of hydrogen-bond acceptors (Lipinski definition) is 3. The molecule has 0 spiro atoms. The van der Waals surface area contributed by atoms with Gasteiger partial charge in [-0.25, -0.2) is 8.78 Å². The van der Waals surface area contributed by atoms with Crippen molar-refractivity contribution in [1.82, 2.24) is 0 Å². The van der Waals surface area contributed by atoms with Crippen molar-refractivity contribution >= 4 is 33.5 Å². The lowest BCUT2D eigenvalue weighted by Gasteiger charge is -2.07. The summed E-state index contributed by atoms with van der Waals surface area (Å²) < 4.78 is 26.7. The summed E-state index contributed by atoms with van der Waals surface area (Å²) in [5.41, 5.74) is 6.03. The third-order valence-electron chi connectivity index (χ3n) is 2.45. The summed E-state index contributed by atoms with van der Waals surface area (Å²) in [4.78, 5) is 1.37. The van der Waals surface area contributed by atoms with Gasteiger partial charge in [-0.15, -0.1) is 0 Å². The Morgan fingerprint density at radius 3 is 2.50 bits per heavy atom. The standard InChI is InChI=1S/C13H9BrF2N2OS/c14-9-5-7(13(17)18-19)1-4-12(9)20-8-2-3-10(15)11(16)6-8/h1-6,19H,(H2,17,18). The zero-order valence-corrected chi connectivity index (χ0v) is 12.4. The first-order chi connectivity index (χ1) is 9.51. The van der Waals surface area contributed by atoms with Gasteiger partial charge in [0.15, 0.2) is 17.5 Å². The summed E-state index contributed by atoms with van der Waals surface area (Å²) in [6.45, 7) is 0. The predicted molar refractivity (Wildman–Crippen MR) is 77.1 cm³/mol. The number of halogens is 3. The van der Waals surface area contributed by atoms with Crippen molar-refractivity contribution in [2.45, 2.75) is 9.79 Å². The normalized spacial score (nSPS) is 11.7. The number of benzene rings is 2. The number of amidine groups is 1. The zero-order chi connectivity index (χ0) is 14.7. The Morgan fingerprint density at radius 2 is 1.90 bits per heavy atom. The van der Waals surface area contributed by atoms with E-state index in [9.17, 15) is 8.78 Å². The molecule has 0 unspecified atom stereocenters. The summed E-state index contributed by atoms with van der Waals surface area (Å²) in [7, 11) is 0. The van der Waals surface area contributed by atoms with Gasteiger partial charge in [-0.2, -0.15) is 0 Å². The van der Waals surface area contributed by atoms with Crippen LogP contribution in [0.5, 0.6) is 0 Å². The lowest BCUT2D eigenvalue weighted by molar-refractivity contribution is 0.318. The van der Waals surface area contributed by atoms with Gasteiger partial charge in [-0.05, 0) is 52.3 Å². The zero-order valence-electron chi connectivity index (χ0n) is 9.98. The van der Waals surface area contributed by atoms with Crippen LogP contribution >= 0.6 is 27.7 Å². The van der Waals surface area contributed by atoms with Crippen molar-refractivity contribution in [2.75, 3.05) is 0 Å². The van der Waals surface area contributed by atoms with Gasteiger partial charge in [0.1, 0.15) is 0 Å². The Balaban J connectivity index is 2.28. The number of oxime groups is 1. The van der Waals surface area contributed by atoms with Gasteiger partial charge in [-0.1, -0.05) is 16.9 Å². The van der Waals surface area contributed by atoms with Crippen molar-refractivity contribution in [2.24, 2.45) is 10.9 Å². The first kappa shape index (κ1) is 14.8. The second-order valence-electron chi connectivity index (χ2n) is 3.81. The molecule has 7 heteroatoms. The SMILES string of the molecule is N/C(=N/O)c1ccc(Sc2ccc(F)c(F)c2)c(Br)c1. The van der Waals surface area contributed by atoms with Crippen LogP contribution in [0.25, 0.3) is 0 Å². The molecule has 0 radical (unpaired) electrons. The average Bonchev–Trinajstić information content (AvgIpc) is 2.44. The van der Waals surface area contributed by atoms with Gasteiger partial charge in [0.05, 0.1) is 0 Å². The highest BCUT2D eigenvalue weighted by Gasteiger charge is 2.08. The highest BCUT2D eigenvalue weighted by Crippen LogP contribution is 2.34. The van der Waals surface area contributed by atoms with Crippen molar-refractivity contribution in [3.05, 3.63) is 58.1 Å². The Kier molecular flexibility index (Phi) is 4.61. The van der Waals surface area contributed by atoms with E-state index in [0.717, 1.165) is 17.0 Å². The molecular formula is C13H9BrF2N2OS. The van der Waals surface area contributed by atoms with Crippen LogP contribution in [-0.2, 0) is 0 Å². The first-order valence-corrected chi connectivity index (χ1v) is 7.02. The minimum Gasteiger partial charge on any atom is -0.409 e. The van der Waals surface area contributed by atoms with E-state index in [1.807, 2.05) is 0 Å². The molecule has 0 aliphatic carbocycles. The second-order valence-corrected chi connectivity index (χ2v) is 5.78. The molecule has 0 heterocycles. The molecule has 0 aliphatic heterocycles. The third kappa shape index (κ3) is 3.29. The van der Waals surface area contributed by atoms with E-state index in [1.54, 1.807) is 18.2 Å². The fraction of sp³-hybridized carbons (Fsp3) is 0. The number of nitrogens with two attached hydrogens (primary N) is 1. The van der Waals surface area contributed by atoms with Crippen LogP contribution in [-0.4, -0.2) is 11.0 Å². The minimum absolute atomic E-state index is 0.00456. The highest BCUT2D eigenvalue weighted by molar-refractivity contribution is 9.10. The molecule has 2 aromatic carbocycles. The van der Waals surface area contributed by atoms with Crippen molar-refractivity contribution in [3.8, 4) is 0 Å². The van der Waals surface area contributed by atoms with Crippen LogP contribution in [0.2, 0.25) is 0 Å². The summed E-state index contributed by atoms with van der Waals surface area (Å²) in [6.07, 6.45) is 0. The van der Waals surface area contributed by atoms with Crippen LogP contribution in [0.4, 0.5) is 8.78 Å². The Labute approximate surface area is 126 Å². The molecule has 2 aromatic rings. The summed E-state index contributed by atoms with van der Waals surface area (Å²) in [5.74, 6) is -1.77. The molecule has 0 saturated carbocycles. The van der Waals surface area contributed by atoms with Gasteiger partial charge in [0.2, 0.25) is 0 Å². The Hall–Kier alpha value is -1.60. The first-order valence-electron chi connectivity index (χ1n) is 5.41. The average molecular weight is 359 g/mol. The van der Waals surface area contributed by atoms with Gasteiger partial charge in [0.25, 0.3) is 0 Å². The fourth-order valence-corrected chi connectivity index (χ4v) is 2.93. The summed E-state index contributed by atoms with van der Waals surface area (Å²) in [6, 6.07) is 8.79. The number of nitrogens with zero attached hydrogens (tertiary/aromatic N) is 1. The molecule has 0 aromatic heterocycles. The van der Waals surface area contributed by atoms with E-state index in [-0.39, 0.29) is 5.84 Å². The minimum atomic E-state index is -0.889. The molecule has 2 rings (SSSR count). The molecule has 0 fully saturated rings. The summed E-state index contributed by atoms with van der Waals surface area (Å²) >= 11 is 4.62. The maximum atomic E-state index is 13.1. The maximum absolute atomic E-state index is 13.1. The molecule has 20 heavy (non-hydrogen) atoms. The number of hydrogen-bond donors (Lipinski definition) is 2. The summed E-state index contributed by atoms with van der Waals surface area (Å²) in [5, 5.41) is 11.5. The smallest absolute Gasteiger partial charge is 0.170 e. The van der Waals surface area contributed by atoms with E-state index in [2.05, 4.69) is 21.1 Å². The molecule has 3 nitrogen and oxygen atoms in total. The van der Waals surface area contributed by atoms with E-state index in [0.29, 0.717) is 14.9 Å². The van der Waals surface area contributed by atoms with Gasteiger partial charge in [-0.3, -0.25) is 0 Å². The van der Waals surface area contributed by atoms with Crippen LogP contribution in [0.1, 0.15) is 5.56 Å². The Bertz CT molecular complexity index is 679. The third-order valence-corrected chi connectivity index (χ3v) is 4.44. The van der Waals surface area contributed by atoms with E-state index < -0.39 is 11.6 Å². The van der Waals surface area contributed by atoms with E-state index >= 15 is 0 Å². The maximum Gasteiger partial charge on any atom is 0.170 e. The molecule has 0 amide bonds. The van der Waals surface area contributed by atoms with Gasteiger partial charge < -0.3 is 10.9 Å². The lowest BCUT2D eigenvalue weighted by Crippen LogP contribution is -2.12. The monoisotopic (exact) mass is 358 g/mol. The van der Waals surface area contributed by atoms with Crippen LogP contribution < -0.4 is 5.73 Å². The molecule has 0 bridgehead atoms. The molecule has 0 saturated heterocycles. The fourth-order valence-electron chi connectivity index (χ4n) is 1.47. The van der Waals surface area contributed by atoms with Crippen molar-refractivity contribution in [3.63, 3.8) is 0 Å². The molecule has 104 valence electrons. The molecule has 3 N–H and O–H groups in total. The Morgan fingerprint density at radius 1 is 1.15 bits per heavy atom. The van der Waals surface area contributed by atoms with Gasteiger partial charge in [0, 0.05) is 19.8 Å². The van der Waals surface area contributed by atoms with Crippen LogP contribution in [0, 0.1) is 11.6 Å².